The van der Waals surface area contributed by atoms with E-state index in [-0.39, 0.29) is 11.3 Å². The molecule has 4 rings (SSSR count). The lowest BCUT2D eigenvalue weighted by Gasteiger charge is -2.12. The van der Waals surface area contributed by atoms with Crippen LogP contribution in [0.3, 0.4) is 0 Å². The van der Waals surface area contributed by atoms with Crippen molar-refractivity contribution < 1.29 is 5.11 Å². The maximum Gasteiger partial charge on any atom is 0.266 e. The van der Waals surface area contributed by atoms with Crippen LogP contribution in [-0.2, 0) is 0 Å². The number of aromatic hydroxyl groups is 1. The van der Waals surface area contributed by atoms with E-state index in [0.29, 0.717) is 27.4 Å². The maximum absolute atomic E-state index is 13.3. The van der Waals surface area contributed by atoms with Crippen LogP contribution in [-0.4, -0.2) is 14.7 Å². The minimum Gasteiger partial charge on any atom is -0.508 e. The highest BCUT2D eigenvalue weighted by Crippen LogP contribution is 2.19. The first-order chi connectivity index (χ1) is 13.5. The molecule has 1 heterocycles. The molecule has 0 amide bonds. The van der Waals surface area contributed by atoms with Crippen molar-refractivity contribution >= 4 is 57.2 Å². The largest absolute Gasteiger partial charge is 0.508 e. The van der Waals surface area contributed by atoms with E-state index < -0.39 is 0 Å². The second-order valence-electron chi connectivity index (χ2n) is 6.17. The zero-order valence-corrected chi connectivity index (χ0v) is 17.4. The van der Waals surface area contributed by atoms with Gasteiger partial charge in [-0.1, -0.05) is 29.8 Å². The SMILES string of the molecule is O=c1c2cc(I)ccc2nc(/C=C\c2ccc(O)cc2)n1-c1ccc(Cl)cc1. The van der Waals surface area contributed by atoms with Gasteiger partial charge in [0.2, 0.25) is 0 Å². The molecule has 28 heavy (non-hydrogen) atoms. The highest BCUT2D eigenvalue weighted by Gasteiger charge is 2.11. The van der Waals surface area contributed by atoms with Crippen LogP contribution in [0.1, 0.15) is 11.4 Å². The molecule has 6 heteroatoms. The number of phenols is 1. The van der Waals surface area contributed by atoms with Crippen molar-refractivity contribution in [2.45, 2.75) is 0 Å². The molecule has 0 spiro atoms. The van der Waals surface area contributed by atoms with Crippen molar-refractivity contribution in [2.75, 3.05) is 0 Å². The minimum absolute atomic E-state index is 0.142. The topological polar surface area (TPSA) is 55.1 Å². The lowest BCUT2D eigenvalue weighted by Crippen LogP contribution is -2.22. The van der Waals surface area contributed by atoms with Gasteiger partial charge in [0.25, 0.3) is 5.56 Å². The van der Waals surface area contributed by atoms with Gasteiger partial charge in [-0.2, -0.15) is 0 Å². The Morgan fingerprint density at radius 1 is 0.964 bits per heavy atom. The third kappa shape index (κ3) is 3.81. The Morgan fingerprint density at radius 3 is 2.39 bits per heavy atom. The van der Waals surface area contributed by atoms with Gasteiger partial charge in [0.15, 0.2) is 0 Å². The van der Waals surface area contributed by atoms with Gasteiger partial charge in [0.1, 0.15) is 11.6 Å². The van der Waals surface area contributed by atoms with Crippen LogP contribution in [0.25, 0.3) is 28.7 Å². The molecule has 0 aliphatic heterocycles. The predicted molar refractivity (Wildman–Crippen MR) is 122 cm³/mol. The summed E-state index contributed by atoms with van der Waals surface area (Å²) in [5.74, 6) is 0.711. The molecule has 4 aromatic rings. The summed E-state index contributed by atoms with van der Waals surface area (Å²) < 4.78 is 2.55. The quantitative estimate of drug-likeness (QED) is 0.377. The number of rotatable bonds is 3. The lowest BCUT2D eigenvalue weighted by molar-refractivity contribution is 0.475. The van der Waals surface area contributed by atoms with Crippen LogP contribution in [0, 0.1) is 3.57 Å². The van der Waals surface area contributed by atoms with Crippen LogP contribution in [0.4, 0.5) is 0 Å². The van der Waals surface area contributed by atoms with E-state index in [2.05, 4.69) is 22.6 Å². The number of fused-ring (bicyclic) bond motifs is 1. The molecule has 0 fully saturated rings. The van der Waals surface area contributed by atoms with Crippen LogP contribution in [0.15, 0.2) is 71.5 Å². The van der Waals surface area contributed by atoms with Crippen molar-refractivity contribution in [1.82, 2.24) is 9.55 Å². The highest BCUT2D eigenvalue weighted by atomic mass is 127. The van der Waals surface area contributed by atoms with Gasteiger partial charge in [0, 0.05) is 8.59 Å². The predicted octanol–water partition coefficient (Wildman–Crippen LogP) is 5.52. The normalized spacial score (nSPS) is 11.4. The molecule has 0 unspecified atom stereocenters. The fourth-order valence-electron chi connectivity index (χ4n) is 2.88. The molecule has 0 aliphatic carbocycles. The molecule has 0 saturated carbocycles. The Bertz CT molecular complexity index is 1250. The Morgan fingerprint density at radius 2 is 1.68 bits per heavy atom. The zero-order valence-electron chi connectivity index (χ0n) is 14.5. The number of hydrogen-bond donors (Lipinski definition) is 1. The summed E-state index contributed by atoms with van der Waals surface area (Å²) in [6, 6.07) is 19.5. The fraction of sp³-hybridized carbons (Fsp3) is 0. The molecule has 0 atom stereocenters. The first-order valence-corrected chi connectivity index (χ1v) is 9.92. The monoisotopic (exact) mass is 500 g/mol. The van der Waals surface area contributed by atoms with E-state index in [9.17, 15) is 9.90 Å². The molecule has 3 aromatic carbocycles. The summed E-state index contributed by atoms with van der Waals surface area (Å²) in [5, 5.41) is 10.6. The van der Waals surface area contributed by atoms with Crippen molar-refractivity contribution in [3.8, 4) is 11.4 Å². The second-order valence-corrected chi connectivity index (χ2v) is 7.86. The van der Waals surface area contributed by atoms with Crippen molar-refractivity contribution in [3.63, 3.8) is 0 Å². The van der Waals surface area contributed by atoms with Crippen LogP contribution >= 0.6 is 34.2 Å². The first-order valence-electron chi connectivity index (χ1n) is 8.47. The van der Waals surface area contributed by atoms with Gasteiger partial charge in [-0.3, -0.25) is 9.36 Å². The Kier molecular flexibility index (Phi) is 5.19. The zero-order chi connectivity index (χ0) is 19.7. The summed E-state index contributed by atoms with van der Waals surface area (Å²) in [6.45, 7) is 0. The maximum atomic E-state index is 13.3. The molecule has 0 bridgehead atoms. The van der Waals surface area contributed by atoms with Crippen molar-refractivity contribution in [3.05, 3.63) is 97.1 Å². The second kappa shape index (κ2) is 7.77. The van der Waals surface area contributed by atoms with E-state index >= 15 is 0 Å². The van der Waals surface area contributed by atoms with Gasteiger partial charge in [-0.25, -0.2) is 4.98 Å². The van der Waals surface area contributed by atoms with Gasteiger partial charge in [-0.15, -0.1) is 0 Å². The van der Waals surface area contributed by atoms with Gasteiger partial charge in [-0.05, 0) is 88.8 Å². The summed E-state index contributed by atoms with van der Waals surface area (Å²) in [7, 11) is 0. The fourth-order valence-corrected chi connectivity index (χ4v) is 3.50. The molecule has 138 valence electrons. The molecule has 0 aliphatic rings. The average Bonchev–Trinajstić information content (AvgIpc) is 2.69. The minimum atomic E-state index is -0.142. The molecular weight excluding hydrogens is 487 g/mol. The van der Waals surface area contributed by atoms with E-state index in [1.54, 1.807) is 59.2 Å². The average molecular weight is 501 g/mol. The van der Waals surface area contributed by atoms with Crippen LogP contribution in [0.2, 0.25) is 5.02 Å². The third-order valence-electron chi connectivity index (χ3n) is 4.26. The Balaban J connectivity index is 1.93. The van der Waals surface area contributed by atoms with Crippen LogP contribution < -0.4 is 5.56 Å². The molecule has 1 N–H and O–H groups in total. The lowest BCUT2D eigenvalue weighted by atomic mass is 10.2. The summed E-state index contributed by atoms with van der Waals surface area (Å²) in [5.41, 5.74) is 2.07. The highest BCUT2D eigenvalue weighted by molar-refractivity contribution is 14.1. The number of nitrogens with zero attached hydrogens (tertiary/aromatic N) is 2. The van der Waals surface area contributed by atoms with Crippen molar-refractivity contribution in [1.29, 1.82) is 0 Å². The summed E-state index contributed by atoms with van der Waals surface area (Å²) in [4.78, 5) is 18.0. The first kappa shape index (κ1) is 18.7. The molecule has 0 saturated heterocycles. The van der Waals surface area contributed by atoms with Gasteiger partial charge in [0.05, 0.1) is 16.6 Å². The molecule has 4 nitrogen and oxygen atoms in total. The molecular formula is C22H14ClIN2O2. The van der Waals surface area contributed by atoms with Crippen LogP contribution in [0.5, 0.6) is 5.75 Å². The van der Waals surface area contributed by atoms with Gasteiger partial charge < -0.3 is 5.11 Å². The number of phenolic OH excluding ortho intramolecular Hbond substituents is 1. The van der Waals surface area contributed by atoms with E-state index in [0.717, 1.165) is 9.13 Å². The van der Waals surface area contributed by atoms with E-state index in [1.165, 1.54) is 0 Å². The van der Waals surface area contributed by atoms with E-state index in [4.69, 9.17) is 16.6 Å². The molecule has 1 aromatic heterocycles. The number of halogens is 2. The van der Waals surface area contributed by atoms with E-state index in [1.807, 2.05) is 24.3 Å². The molecule has 0 radical (unpaired) electrons. The van der Waals surface area contributed by atoms with Gasteiger partial charge >= 0.3 is 0 Å². The smallest absolute Gasteiger partial charge is 0.266 e. The number of hydrogen-bond acceptors (Lipinski definition) is 3. The third-order valence-corrected chi connectivity index (χ3v) is 5.18. The Hall–Kier alpha value is -2.64. The summed E-state index contributed by atoms with van der Waals surface area (Å²) >= 11 is 8.19. The number of benzene rings is 3. The standard InChI is InChI=1S/C22H14ClIN2O2/c23-15-4-7-17(8-5-15)26-21(12-3-14-1-9-18(27)10-2-14)25-20-11-6-16(24)13-19(20)22(26)28/h1-13,27H/b12-3-. The van der Waals surface area contributed by atoms with Crippen molar-refractivity contribution in [2.24, 2.45) is 0 Å². The summed E-state index contributed by atoms with van der Waals surface area (Å²) in [6.07, 6.45) is 3.64. The number of aromatic nitrogens is 2. The Labute approximate surface area is 179 Å².